The maximum Gasteiger partial charge on any atom is 0.214 e. The molecule has 0 amide bonds. The van der Waals surface area contributed by atoms with Gasteiger partial charge in [0.2, 0.25) is 10.1 Å². The van der Waals surface area contributed by atoms with Crippen molar-refractivity contribution in [3.63, 3.8) is 0 Å². The molecule has 7 heteroatoms. The van der Waals surface area contributed by atoms with Crippen LogP contribution in [0.15, 0.2) is 30.7 Å². The molecule has 0 aliphatic heterocycles. The lowest BCUT2D eigenvalue weighted by molar-refractivity contribution is 0.189. The summed E-state index contributed by atoms with van der Waals surface area (Å²) in [5.41, 5.74) is 1.91. The van der Waals surface area contributed by atoms with Gasteiger partial charge in [-0.2, -0.15) is 0 Å². The van der Waals surface area contributed by atoms with Gasteiger partial charge in [-0.1, -0.05) is 11.3 Å². The van der Waals surface area contributed by atoms with Gasteiger partial charge in [0.1, 0.15) is 0 Å². The lowest BCUT2D eigenvalue weighted by Gasteiger charge is -2.40. The monoisotopic (exact) mass is 341 g/mol. The highest BCUT2D eigenvalue weighted by molar-refractivity contribution is 7.20. The fraction of sp³-hybridized carbons (Fsp3) is 0.471. The molecule has 3 aromatic rings. The van der Waals surface area contributed by atoms with Crippen molar-refractivity contribution in [2.24, 2.45) is 17.8 Å². The van der Waals surface area contributed by atoms with Crippen LogP contribution < -0.4 is 5.32 Å². The summed E-state index contributed by atoms with van der Waals surface area (Å²) in [4.78, 5) is 9.69. The molecular weight excluding hydrogens is 322 g/mol. The first kappa shape index (κ1) is 14.4. The highest BCUT2D eigenvalue weighted by atomic mass is 32.1. The summed E-state index contributed by atoms with van der Waals surface area (Å²) in [7, 11) is 0. The number of fused-ring (bicyclic) bond motifs is 2. The molecule has 3 heterocycles. The molecule has 0 aromatic carbocycles. The van der Waals surface area contributed by atoms with Crippen molar-refractivity contribution in [3.8, 4) is 11.3 Å². The number of nitrogens with one attached hydrogen (secondary N) is 1. The predicted octanol–water partition coefficient (Wildman–Crippen LogP) is 2.67. The second-order valence-corrected chi connectivity index (χ2v) is 7.89. The minimum Gasteiger partial charge on any atom is -0.396 e. The van der Waals surface area contributed by atoms with E-state index in [1.165, 1.54) is 12.8 Å². The van der Waals surface area contributed by atoms with Crippen molar-refractivity contribution in [3.05, 3.63) is 30.7 Å². The van der Waals surface area contributed by atoms with E-state index in [1.807, 2.05) is 29.0 Å². The third kappa shape index (κ3) is 2.31. The molecule has 2 aliphatic rings. The van der Waals surface area contributed by atoms with Crippen molar-refractivity contribution in [2.45, 2.75) is 25.3 Å². The highest BCUT2D eigenvalue weighted by Crippen LogP contribution is 2.50. The molecule has 2 aliphatic carbocycles. The zero-order chi connectivity index (χ0) is 16.1. The number of anilines is 1. The average molecular weight is 341 g/mol. The number of nitrogens with zero attached hydrogens (tertiary/aromatic N) is 4. The van der Waals surface area contributed by atoms with Gasteiger partial charge in [-0.05, 0) is 49.1 Å². The number of aromatic nitrogens is 4. The zero-order valence-corrected chi connectivity index (χ0v) is 14.0. The van der Waals surface area contributed by atoms with Gasteiger partial charge in [0, 0.05) is 30.6 Å². The van der Waals surface area contributed by atoms with Gasteiger partial charge in [-0.15, -0.1) is 5.10 Å². The van der Waals surface area contributed by atoms with Crippen LogP contribution in [-0.4, -0.2) is 37.3 Å². The number of pyridine rings is 1. The van der Waals surface area contributed by atoms with E-state index in [4.69, 9.17) is 0 Å². The second kappa shape index (κ2) is 5.53. The Kier molecular flexibility index (Phi) is 3.31. The molecule has 0 saturated heterocycles. The van der Waals surface area contributed by atoms with Crippen LogP contribution in [0.1, 0.15) is 19.3 Å². The molecule has 0 radical (unpaired) electrons. The maximum absolute atomic E-state index is 9.35. The third-order valence-electron chi connectivity index (χ3n) is 5.49. The second-order valence-electron chi connectivity index (χ2n) is 6.93. The topological polar surface area (TPSA) is 75.3 Å². The molecule has 2 N–H and O–H groups in total. The fourth-order valence-electron chi connectivity index (χ4n) is 4.23. The molecule has 6 nitrogen and oxygen atoms in total. The first-order valence-electron chi connectivity index (χ1n) is 8.44. The van der Waals surface area contributed by atoms with Crippen molar-refractivity contribution in [2.75, 3.05) is 11.9 Å². The van der Waals surface area contributed by atoms with Crippen LogP contribution in [0, 0.1) is 17.8 Å². The number of aliphatic hydroxyl groups is 1. The number of hydrogen-bond acceptors (Lipinski definition) is 6. The summed E-state index contributed by atoms with van der Waals surface area (Å²) in [5.74, 6) is 1.99. The van der Waals surface area contributed by atoms with E-state index in [1.54, 1.807) is 17.5 Å². The molecule has 124 valence electrons. The van der Waals surface area contributed by atoms with Crippen molar-refractivity contribution >= 4 is 21.4 Å². The molecule has 3 aromatic heterocycles. The van der Waals surface area contributed by atoms with E-state index < -0.39 is 0 Å². The SMILES string of the molecule is OCC1C[C@@H]2C[C@H](Nc3nn4cc(-c5cccnc5)nc4s3)[C@@H]2C1. The van der Waals surface area contributed by atoms with Crippen molar-refractivity contribution in [1.82, 2.24) is 19.6 Å². The van der Waals surface area contributed by atoms with Gasteiger partial charge in [0.15, 0.2) is 0 Å². The van der Waals surface area contributed by atoms with Crippen molar-refractivity contribution in [1.29, 1.82) is 0 Å². The molecule has 0 bridgehead atoms. The minimum absolute atomic E-state index is 0.335. The summed E-state index contributed by atoms with van der Waals surface area (Å²) in [5, 5.41) is 18.5. The zero-order valence-electron chi connectivity index (χ0n) is 13.2. The standard InChI is InChI=1S/C17H19N5OS/c23-9-10-4-12-6-14(13(12)5-10)19-16-21-22-8-15(20-17(22)24-16)11-2-1-3-18-7-11/h1-3,7-8,10,12-14,23H,4-6,9H2,(H,19,21)/t10?,12-,13-,14+/m1/s1. The first-order valence-corrected chi connectivity index (χ1v) is 9.26. The van der Waals surface area contributed by atoms with Gasteiger partial charge in [0.05, 0.1) is 11.9 Å². The van der Waals surface area contributed by atoms with E-state index in [0.29, 0.717) is 24.5 Å². The summed E-state index contributed by atoms with van der Waals surface area (Å²) in [6, 6.07) is 4.42. The Morgan fingerprint density at radius 2 is 2.29 bits per heavy atom. The summed E-state index contributed by atoms with van der Waals surface area (Å²) < 4.78 is 1.84. The van der Waals surface area contributed by atoms with Gasteiger partial charge in [-0.3, -0.25) is 4.98 Å². The Morgan fingerprint density at radius 3 is 3.08 bits per heavy atom. The van der Waals surface area contributed by atoms with Gasteiger partial charge in [-0.25, -0.2) is 9.50 Å². The molecule has 4 atom stereocenters. The summed E-state index contributed by atoms with van der Waals surface area (Å²) in [6.45, 7) is 0.335. The molecule has 0 spiro atoms. The Hall–Kier alpha value is -1.99. The Balaban J connectivity index is 1.32. The first-order chi connectivity index (χ1) is 11.8. The molecule has 5 rings (SSSR count). The van der Waals surface area contributed by atoms with Crippen LogP contribution >= 0.6 is 11.3 Å². The van der Waals surface area contributed by atoms with Crippen LogP contribution in [0.4, 0.5) is 5.13 Å². The lowest BCUT2D eigenvalue weighted by Crippen LogP contribution is -2.43. The molecule has 2 fully saturated rings. The quantitative estimate of drug-likeness (QED) is 0.763. The number of imidazole rings is 1. The lowest BCUT2D eigenvalue weighted by atomic mass is 9.72. The third-order valence-corrected chi connectivity index (χ3v) is 6.34. The van der Waals surface area contributed by atoms with Gasteiger partial charge >= 0.3 is 0 Å². The summed E-state index contributed by atoms with van der Waals surface area (Å²) in [6.07, 6.45) is 9.07. The van der Waals surface area contributed by atoms with Gasteiger partial charge in [0.25, 0.3) is 0 Å². The van der Waals surface area contributed by atoms with E-state index in [-0.39, 0.29) is 0 Å². The summed E-state index contributed by atoms with van der Waals surface area (Å²) >= 11 is 1.59. The normalized spacial score (nSPS) is 28.7. The molecule has 2 saturated carbocycles. The molecular formula is C17H19N5OS. The maximum atomic E-state index is 9.35. The van der Waals surface area contributed by atoms with Crippen LogP contribution in [0.5, 0.6) is 0 Å². The number of aliphatic hydroxyl groups excluding tert-OH is 1. The van der Waals surface area contributed by atoms with Crippen molar-refractivity contribution < 1.29 is 5.11 Å². The smallest absolute Gasteiger partial charge is 0.214 e. The highest BCUT2D eigenvalue weighted by Gasteiger charge is 2.47. The minimum atomic E-state index is 0.335. The predicted molar refractivity (Wildman–Crippen MR) is 92.9 cm³/mol. The number of hydrogen-bond donors (Lipinski definition) is 2. The van der Waals surface area contributed by atoms with Crippen LogP contribution in [0.25, 0.3) is 16.2 Å². The Morgan fingerprint density at radius 1 is 1.33 bits per heavy atom. The molecule has 1 unspecified atom stereocenters. The largest absolute Gasteiger partial charge is 0.396 e. The fourth-order valence-corrected chi connectivity index (χ4v) is 5.07. The van der Waals surface area contributed by atoms with E-state index in [2.05, 4.69) is 20.4 Å². The van der Waals surface area contributed by atoms with Gasteiger partial charge < -0.3 is 10.4 Å². The van der Waals surface area contributed by atoms with E-state index in [0.717, 1.165) is 33.7 Å². The molecule has 24 heavy (non-hydrogen) atoms. The van der Waals surface area contributed by atoms with Crippen LogP contribution in [-0.2, 0) is 0 Å². The van der Waals surface area contributed by atoms with E-state index in [9.17, 15) is 5.11 Å². The number of rotatable bonds is 4. The Labute approximate surface area is 143 Å². The average Bonchev–Trinajstić information content (AvgIpc) is 3.24. The van der Waals surface area contributed by atoms with E-state index >= 15 is 0 Å². The Bertz CT molecular complexity index is 829. The van der Waals surface area contributed by atoms with Crippen LogP contribution in [0.2, 0.25) is 0 Å². The van der Waals surface area contributed by atoms with Crippen LogP contribution in [0.3, 0.4) is 0 Å².